The molecule has 3 rings (SSSR count). The minimum Gasteiger partial charge on any atom is -0.339 e. The molecule has 0 aliphatic carbocycles. The zero-order valence-electron chi connectivity index (χ0n) is 8.81. The Morgan fingerprint density at radius 3 is 2.06 bits per heavy atom. The first-order valence-corrected chi connectivity index (χ1v) is 4.93. The lowest BCUT2D eigenvalue weighted by molar-refractivity contribution is 1.07. The van der Waals surface area contributed by atoms with Gasteiger partial charge in [0.05, 0.1) is 6.33 Å². The van der Waals surface area contributed by atoms with Gasteiger partial charge in [0.15, 0.2) is 5.65 Å². The van der Waals surface area contributed by atoms with Gasteiger partial charge in [-0.15, -0.1) is 0 Å². The molecule has 0 amide bonds. The van der Waals surface area contributed by atoms with Crippen LogP contribution in [0.25, 0.3) is 11.2 Å². The molecule has 3 aromatic rings. The number of hydrogen-bond acceptors (Lipinski definition) is 3. The summed E-state index contributed by atoms with van der Waals surface area (Å²) in [6, 6.07) is 12.0. The molecule has 86 valence electrons. The van der Waals surface area contributed by atoms with Crippen molar-refractivity contribution in [1.29, 1.82) is 0 Å². The summed E-state index contributed by atoms with van der Waals surface area (Å²) in [6.45, 7) is 0. The van der Waals surface area contributed by atoms with Gasteiger partial charge in [-0.3, -0.25) is 14.8 Å². The number of benzene rings is 1. The SMILES string of the molecule is O=c1[nH]c(=O)c2[nH]cnc2[nH]1.c1ccccc1. The van der Waals surface area contributed by atoms with Crippen molar-refractivity contribution in [1.82, 2.24) is 19.9 Å². The fourth-order valence-corrected chi connectivity index (χ4v) is 1.25. The summed E-state index contributed by atoms with van der Waals surface area (Å²) in [7, 11) is 0. The molecule has 0 radical (unpaired) electrons. The van der Waals surface area contributed by atoms with Crippen LogP contribution in [0.1, 0.15) is 0 Å². The van der Waals surface area contributed by atoms with Gasteiger partial charge in [0.25, 0.3) is 5.56 Å². The van der Waals surface area contributed by atoms with Crippen LogP contribution in [0.5, 0.6) is 0 Å². The number of aromatic amines is 3. The number of imidazole rings is 1. The van der Waals surface area contributed by atoms with Crippen LogP contribution in [0.15, 0.2) is 52.3 Å². The lowest BCUT2D eigenvalue weighted by atomic mass is 10.4. The van der Waals surface area contributed by atoms with Crippen LogP contribution >= 0.6 is 0 Å². The zero-order valence-corrected chi connectivity index (χ0v) is 8.81. The smallest absolute Gasteiger partial charge is 0.327 e. The van der Waals surface area contributed by atoms with Crippen molar-refractivity contribution in [3.63, 3.8) is 0 Å². The van der Waals surface area contributed by atoms with E-state index in [1.165, 1.54) is 6.33 Å². The summed E-state index contributed by atoms with van der Waals surface area (Å²) in [4.78, 5) is 32.3. The molecule has 0 saturated carbocycles. The molecule has 0 aliphatic rings. The van der Waals surface area contributed by atoms with Crippen LogP contribution < -0.4 is 11.2 Å². The van der Waals surface area contributed by atoms with Crippen LogP contribution in [0.4, 0.5) is 0 Å². The Morgan fingerprint density at radius 1 is 0.882 bits per heavy atom. The molecule has 0 bridgehead atoms. The maximum Gasteiger partial charge on any atom is 0.327 e. The normalized spacial score (nSPS) is 9.65. The van der Waals surface area contributed by atoms with Crippen molar-refractivity contribution in [3.8, 4) is 0 Å². The van der Waals surface area contributed by atoms with Crippen LogP contribution in [-0.2, 0) is 0 Å². The van der Waals surface area contributed by atoms with E-state index in [1.807, 2.05) is 36.4 Å². The highest BCUT2D eigenvalue weighted by molar-refractivity contribution is 5.67. The maximum atomic E-state index is 10.9. The molecule has 17 heavy (non-hydrogen) atoms. The average Bonchev–Trinajstić information content (AvgIpc) is 2.80. The molecule has 0 spiro atoms. The first kappa shape index (κ1) is 10.9. The van der Waals surface area contributed by atoms with Gasteiger partial charge in [0, 0.05) is 0 Å². The topological polar surface area (TPSA) is 94.4 Å². The molecule has 0 unspecified atom stereocenters. The van der Waals surface area contributed by atoms with Crippen LogP contribution in [-0.4, -0.2) is 19.9 Å². The van der Waals surface area contributed by atoms with E-state index in [0.717, 1.165) is 0 Å². The predicted molar refractivity (Wildman–Crippen MR) is 63.8 cm³/mol. The lowest BCUT2D eigenvalue weighted by Crippen LogP contribution is -2.21. The standard InChI is InChI=1S/C6H6.C5H4N4O2/c1-2-4-6-5-3-1;10-4-2-3(7-1-6-2)8-5(11)9-4/h1-6H;1H,(H3,6,7,8,9,10,11). The first-order valence-electron chi connectivity index (χ1n) is 4.93. The Labute approximate surface area is 95.4 Å². The molecule has 0 atom stereocenters. The lowest BCUT2D eigenvalue weighted by Gasteiger charge is -1.83. The number of aromatic nitrogens is 4. The molecule has 0 saturated heterocycles. The molecule has 3 N–H and O–H groups in total. The van der Waals surface area contributed by atoms with Gasteiger partial charge in [-0.25, -0.2) is 9.78 Å². The highest BCUT2D eigenvalue weighted by Gasteiger charge is 1.99. The van der Waals surface area contributed by atoms with E-state index in [9.17, 15) is 9.59 Å². The fraction of sp³-hybridized carbons (Fsp3) is 0. The van der Waals surface area contributed by atoms with Gasteiger partial charge in [-0.1, -0.05) is 36.4 Å². The third kappa shape index (κ3) is 2.69. The molecular formula is C11H10N4O2. The van der Waals surface area contributed by atoms with Crippen molar-refractivity contribution >= 4 is 11.2 Å². The number of nitrogens with zero attached hydrogens (tertiary/aromatic N) is 1. The quantitative estimate of drug-likeness (QED) is 0.528. The Hall–Kier alpha value is -2.63. The summed E-state index contributed by atoms with van der Waals surface area (Å²) in [6.07, 6.45) is 1.34. The van der Waals surface area contributed by atoms with Crippen molar-refractivity contribution < 1.29 is 0 Å². The van der Waals surface area contributed by atoms with Crippen molar-refractivity contribution in [3.05, 3.63) is 63.6 Å². The maximum absolute atomic E-state index is 10.9. The van der Waals surface area contributed by atoms with E-state index in [0.29, 0.717) is 0 Å². The van der Waals surface area contributed by atoms with Gasteiger partial charge < -0.3 is 4.98 Å². The number of H-pyrrole nitrogens is 3. The first-order chi connectivity index (χ1) is 8.27. The van der Waals surface area contributed by atoms with E-state index in [1.54, 1.807) is 0 Å². The minimum absolute atomic E-state index is 0.277. The van der Waals surface area contributed by atoms with Gasteiger partial charge in [0.1, 0.15) is 5.52 Å². The van der Waals surface area contributed by atoms with Crippen molar-refractivity contribution in [2.45, 2.75) is 0 Å². The molecule has 0 aliphatic heterocycles. The minimum atomic E-state index is -0.547. The van der Waals surface area contributed by atoms with Gasteiger partial charge in [-0.2, -0.15) is 0 Å². The predicted octanol–water partition coefficient (Wildman–Crippen LogP) is 0.626. The van der Waals surface area contributed by atoms with E-state index >= 15 is 0 Å². The van der Waals surface area contributed by atoms with Gasteiger partial charge in [-0.05, 0) is 0 Å². The summed E-state index contributed by atoms with van der Waals surface area (Å²) < 4.78 is 0. The molecule has 1 aromatic carbocycles. The second-order valence-corrected chi connectivity index (χ2v) is 3.19. The third-order valence-electron chi connectivity index (χ3n) is 1.99. The molecule has 0 fully saturated rings. The number of fused-ring (bicyclic) bond motifs is 1. The summed E-state index contributed by atoms with van der Waals surface area (Å²) in [5.41, 5.74) is -0.445. The van der Waals surface area contributed by atoms with Gasteiger partial charge >= 0.3 is 5.69 Å². The summed E-state index contributed by atoms with van der Waals surface area (Å²) in [5.74, 6) is 0. The molecule has 6 nitrogen and oxygen atoms in total. The van der Waals surface area contributed by atoms with E-state index < -0.39 is 11.2 Å². The second kappa shape index (κ2) is 4.93. The Bertz CT molecular complexity index is 670. The monoisotopic (exact) mass is 230 g/mol. The highest BCUT2D eigenvalue weighted by atomic mass is 16.2. The largest absolute Gasteiger partial charge is 0.339 e. The molecule has 2 aromatic heterocycles. The van der Waals surface area contributed by atoms with Crippen LogP contribution in [0, 0.1) is 0 Å². The average molecular weight is 230 g/mol. The summed E-state index contributed by atoms with van der Waals surface area (Å²) >= 11 is 0. The summed E-state index contributed by atoms with van der Waals surface area (Å²) in [5, 5.41) is 0. The molecule has 6 heteroatoms. The molecule has 2 heterocycles. The zero-order chi connectivity index (χ0) is 12.1. The van der Waals surface area contributed by atoms with Crippen molar-refractivity contribution in [2.75, 3.05) is 0 Å². The van der Waals surface area contributed by atoms with E-state index in [2.05, 4.69) is 19.9 Å². The van der Waals surface area contributed by atoms with Crippen LogP contribution in [0.3, 0.4) is 0 Å². The van der Waals surface area contributed by atoms with Crippen LogP contribution in [0.2, 0.25) is 0 Å². The Morgan fingerprint density at radius 2 is 1.47 bits per heavy atom. The Balaban J connectivity index is 0.000000153. The number of hydrogen-bond donors (Lipinski definition) is 3. The van der Waals surface area contributed by atoms with E-state index in [4.69, 9.17) is 0 Å². The number of nitrogens with one attached hydrogen (secondary N) is 3. The molecular weight excluding hydrogens is 220 g/mol. The third-order valence-corrected chi connectivity index (χ3v) is 1.99. The van der Waals surface area contributed by atoms with Gasteiger partial charge in [0.2, 0.25) is 0 Å². The number of rotatable bonds is 0. The van der Waals surface area contributed by atoms with E-state index in [-0.39, 0.29) is 11.2 Å². The fourth-order valence-electron chi connectivity index (χ4n) is 1.25. The second-order valence-electron chi connectivity index (χ2n) is 3.19. The Kier molecular flexibility index (Phi) is 3.15. The van der Waals surface area contributed by atoms with Crippen molar-refractivity contribution in [2.24, 2.45) is 0 Å². The highest BCUT2D eigenvalue weighted by Crippen LogP contribution is 1.92.